The summed E-state index contributed by atoms with van der Waals surface area (Å²) in [5.41, 5.74) is 0. The van der Waals surface area contributed by atoms with E-state index >= 15 is 0 Å². The van der Waals surface area contributed by atoms with Crippen molar-refractivity contribution >= 4 is 32.0 Å². The largest absolute Gasteiger partial charge is 0.286 e. The lowest BCUT2D eigenvalue weighted by atomic mass is 10.8. The molecule has 0 aliphatic heterocycles. The van der Waals surface area contributed by atoms with Crippen molar-refractivity contribution in [3.05, 3.63) is 0 Å². The van der Waals surface area contributed by atoms with Crippen LogP contribution in [-0.2, 0) is 0 Å². The lowest BCUT2D eigenvalue weighted by molar-refractivity contribution is 0.939. The van der Waals surface area contributed by atoms with E-state index in [4.69, 9.17) is 0 Å². The molecule has 1 unspecified atom stereocenters. The first-order valence-electron chi connectivity index (χ1n) is 1.93. The zero-order valence-electron chi connectivity index (χ0n) is 3.37. The summed E-state index contributed by atoms with van der Waals surface area (Å²) < 4.78 is 0.475. The van der Waals surface area contributed by atoms with Crippen LogP contribution in [0.25, 0.3) is 0 Å². The van der Waals surface area contributed by atoms with E-state index in [9.17, 15) is 0 Å². The van der Waals surface area contributed by atoms with E-state index in [1.807, 2.05) is 0 Å². The van der Waals surface area contributed by atoms with Crippen molar-refractivity contribution in [3.63, 3.8) is 0 Å². The van der Waals surface area contributed by atoms with Gasteiger partial charge in [0.25, 0.3) is 0 Å². The highest BCUT2D eigenvalue weighted by Gasteiger charge is 2.37. The van der Waals surface area contributed by atoms with Gasteiger partial charge in [-0.2, -0.15) is 0 Å². The molecule has 1 nitrogen and oxygen atoms in total. The van der Waals surface area contributed by atoms with Crippen LogP contribution in [0.3, 0.4) is 0 Å². The van der Waals surface area contributed by atoms with Gasteiger partial charge in [0, 0.05) is 0 Å². The monoisotopic (exact) mass is 215 g/mol. The zero-order valence-corrected chi connectivity index (χ0v) is 6.68. The van der Waals surface area contributed by atoms with E-state index in [1.165, 1.54) is 12.8 Å². The summed E-state index contributed by atoms with van der Waals surface area (Å²) in [6, 6.07) is 0. The Bertz CT molecular complexity index is 61.8. The summed E-state index contributed by atoms with van der Waals surface area (Å²) in [6.07, 6.45) is 2.66. The average Bonchev–Trinajstić information content (AvgIpc) is 2.22. The fourth-order valence-electron chi connectivity index (χ4n) is 0.254. The van der Waals surface area contributed by atoms with Crippen LogP contribution in [0, 0.1) is 0 Å². The Balaban J connectivity index is 2.28. The highest BCUT2D eigenvalue weighted by Crippen LogP contribution is 2.42. The van der Waals surface area contributed by atoms with Crippen LogP contribution in [0.1, 0.15) is 12.8 Å². The molecule has 0 aromatic heterocycles. The number of hydrogen-bond donors (Lipinski definition) is 1. The first-order chi connectivity index (χ1) is 2.77. The van der Waals surface area contributed by atoms with Gasteiger partial charge in [-0.3, -0.25) is 5.09 Å². The maximum absolute atomic E-state index is 3.12. The molecule has 1 saturated carbocycles. The van der Waals surface area contributed by atoms with Crippen molar-refractivity contribution in [2.75, 3.05) is 0 Å². The first-order valence-corrected chi connectivity index (χ1v) is 3.59. The smallest absolute Gasteiger partial charge is 0.0735 e. The SMILES string of the molecule is PNC1(I)CC1. The predicted octanol–water partition coefficient (Wildman–Crippen LogP) is 1.29. The Morgan fingerprint density at radius 1 is 1.67 bits per heavy atom. The number of alkyl halides is 1. The maximum atomic E-state index is 3.12. The van der Waals surface area contributed by atoms with Crippen molar-refractivity contribution in [1.82, 2.24) is 5.09 Å². The van der Waals surface area contributed by atoms with Gasteiger partial charge in [-0.15, -0.1) is 0 Å². The van der Waals surface area contributed by atoms with Gasteiger partial charge in [0.15, 0.2) is 0 Å². The molecular formula is C3H7INP. The third-order valence-electron chi connectivity index (χ3n) is 0.948. The van der Waals surface area contributed by atoms with Gasteiger partial charge in [-0.25, -0.2) is 0 Å². The van der Waals surface area contributed by atoms with E-state index in [0.29, 0.717) is 3.55 Å². The second-order valence-corrected chi connectivity index (χ2v) is 3.96. The minimum atomic E-state index is 0.475. The van der Waals surface area contributed by atoms with Crippen molar-refractivity contribution in [3.8, 4) is 0 Å². The van der Waals surface area contributed by atoms with Crippen molar-refractivity contribution in [2.45, 2.75) is 16.4 Å². The number of hydrogen-bond acceptors (Lipinski definition) is 1. The molecule has 0 heterocycles. The molecule has 36 valence electrons. The van der Waals surface area contributed by atoms with E-state index in [0.717, 1.165) is 0 Å². The normalized spacial score (nSPS) is 27.0. The van der Waals surface area contributed by atoms with Crippen molar-refractivity contribution < 1.29 is 0 Å². The fourth-order valence-corrected chi connectivity index (χ4v) is 0.812. The van der Waals surface area contributed by atoms with Gasteiger partial charge < -0.3 is 0 Å². The van der Waals surface area contributed by atoms with Crippen LogP contribution >= 0.6 is 32.0 Å². The summed E-state index contributed by atoms with van der Waals surface area (Å²) in [7, 11) is 2.53. The van der Waals surface area contributed by atoms with Crippen molar-refractivity contribution in [1.29, 1.82) is 0 Å². The van der Waals surface area contributed by atoms with Crippen LogP contribution in [0.15, 0.2) is 0 Å². The topological polar surface area (TPSA) is 12.0 Å². The molecule has 0 aromatic carbocycles. The maximum Gasteiger partial charge on any atom is 0.0735 e. The molecule has 1 atom stereocenters. The molecule has 1 aliphatic carbocycles. The molecule has 0 saturated heterocycles. The van der Waals surface area contributed by atoms with Crippen LogP contribution in [0.2, 0.25) is 0 Å². The van der Waals surface area contributed by atoms with E-state index in [-0.39, 0.29) is 0 Å². The number of rotatable bonds is 1. The molecule has 0 spiro atoms. The molecular weight excluding hydrogens is 208 g/mol. The zero-order chi connectivity index (χ0) is 4.62. The van der Waals surface area contributed by atoms with Gasteiger partial charge >= 0.3 is 0 Å². The van der Waals surface area contributed by atoms with Crippen LogP contribution in [0.4, 0.5) is 0 Å². The summed E-state index contributed by atoms with van der Waals surface area (Å²) >= 11 is 2.42. The van der Waals surface area contributed by atoms with Gasteiger partial charge in [-0.1, -0.05) is 32.0 Å². The fraction of sp³-hybridized carbons (Fsp3) is 1.00. The molecule has 1 fully saturated rings. The van der Waals surface area contributed by atoms with E-state index in [2.05, 4.69) is 37.1 Å². The summed E-state index contributed by atoms with van der Waals surface area (Å²) in [4.78, 5) is 0. The predicted molar refractivity (Wildman–Crippen MR) is 38.8 cm³/mol. The molecule has 1 aliphatic rings. The molecule has 6 heavy (non-hydrogen) atoms. The molecule has 1 rings (SSSR count). The van der Waals surface area contributed by atoms with E-state index < -0.39 is 0 Å². The minimum Gasteiger partial charge on any atom is -0.286 e. The standard InChI is InChI=1S/C3H7INP/c4-3(5-6)1-2-3/h5H,1-2,6H2. The Morgan fingerprint density at radius 2 is 2.17 bits per heavy atom. The Hall–Kier alpha value is 1.12. The highest BCUT2D eigenvalue weighted by molar-refractivity contribution is 14.1. The van der Waals surface area contributed by atoms with Gasteiger partial charge in [0.2, 0.25) is 0 Å². The van der Waals surface area contributed by atoms with Crippen molar-refractivity contribution in [2.24, 2.45) is 0 Å². The Kier molecular flexibility index (Phi) is 1.37. The molecule has 0 bridgehead atoms. The van der Waals surface area contributed by atoms with Gasteiger partial charge in [0.1, 0.15) is 0 Å². The summed E-state index contributed by atoms with van der Waals surface area (Å²) in [5, 5.41) is 3.12. The molecule has 0 amide bonds. The lowest BCUT2D eigenvalue weighted by Gasteiger charge is -1.98. The molecule has 0 aromatic rings. The van der Waals surface area contributed by atoms with Gasteiger partial charge in [-0.05, 0) is 12.8 Å². The van der Waals surface area contributed by atoms with Crippen LogP contribution in [0.5, 0.6) is 0 Å². The lowest BCUT2D eigenvalue weighted by Crippen LogP contribution is -2.10. The summed E-state index contributed by atoms with van der Waals surface area (Å²) in [5.74, 6) is 0. The average molecular weight is 215 g/mol. The first kappa shape index (κ1) is 5.26. The van der Waals surface area contributed by atoms with Gasteiger partial charge in [0.05, 0.1) is 3.55 Å². The van der Waals surface area contributed by atoms with Crippen LogP contribution in [-0.4, -0.2) is 3.55 Å². The third kappa shape index (κ3) is 1.04. The molecule has 0 radical (unpaired) electrons. The Morgan fingerprint density at radius 3 is 2.17 bits per heavy atom. The third-order valence-corrected chi connectivity index (χ3v) is 3.48. The Labute approximate surface area is 53.7 Å². The summed E-state index contributed by atoms with van der Waals surface area (Å²) in [6.45, 7) is 0. The highest BCUT2D eigenvalue weighted by atomic mass is 127. The van der Waals surface area contributed by atoms with Crippen LogP contribution < -0.4 is 5.09 Å². The van der Waals surface area contributed by atoms with E-state index in [1.54, 1.807) is 0 Å². The molecule has 3 heteroatoms. The number of halogens is 1. The minimum absolute atomic E-state index is 0.475. The molecule has 1 N–H and O–H groups in total. The second kappa shape index (κ2) is 1.57. The quantitative estimate of drug-likeness (QED) is 0.301. The second-order valence-electron chi connectivity index (χ2n) is 1.61. The number of nitrogens with one attached hydrogen (secondary N) is 1.